The lowest BCUT2D eigenvalue weighted by molar-refractivity contribution is 0.502. The van der Waals surface area contributed by atoms with Crippen LogP contribution >= 0.6 is 15.9 Å². The maximum atomic E-state index is 13.9. The molecule has 0 aliphatic rings. The average Bonchev–Trinajstić information content (AvgIpc) is 2.43. The van der Waals surface area contributed by atoms with Crippen LogP contribution in [0, 0.1) is 17.5 Å². The van der Waals surface area contributed by atoms with Crippen LogP contribution in [-0.4, -0.2) is 7.05 Å². The fourth-order valence-corrected chi connectivity index (χ4v) is 2.43. The van der Waals surface area contributed by atoms with Crippen LogP contribution in [-0.2, 0) is 6.42 Å². The highest BCUT2D eigenvalue weighted by molar-refractivity contribution is 9.10. The second-order valence-corrected chi connectivity index (χ2v) is 5.38. The number of rotatable bonds is 4. The normalized spacial score (nSPS) is 12.4. The highest BCUT2D eigenvalue weighted by Crippen LogP contribution is 2.25. The van der Waals surface area contributed by atoms with Gasteiger partial charge in [-0.15, -0.1) is 0 Å². The standard InChI is InChI=1S/C15H13BrF3N/c1-20-15(11-8-10(16)3-5-12(11)17)7-9-2-4-13(18)14(19)6-9/h2-6,8,15,20H,7H2,1H3. The van der Waals surface area contributed by atoms with E-state index >= 15 is 0 Å². The van der Waals surface area contributed by atoms with Gasteiger partial charge in [-0.25, -0.2) is 13.2 Å². The Balaban J connectivity index is 2.28. The largest absolute Gasteiger partial charge is 0.313 e. The van der Waals surface area contributed by atoms with Gasteiger partial charge in [-0.2, -0.15) is 0 Å². The van der Waals surface area contributed by atoms with Crippen molar-refractivity contribution in [3.63, 3.8) is 0 Å². The number of likely N-dealkylation sites (N-methyl/N-ethyl adjacent to an activating group) is 1. The van der Waals surface area contributed by atoms with Gasteiger partial charge < -0.3 is 5.32 Å². The zero-order valence-corrected chi connectivity index (χ0v) is 12.3. The summed E-state index contributed by atoms with van der Waals surface area (Å²) in [5, 5.41) is 2.99. The molecule has 2 aromatic carbocycles. The van der Waals surface area contributed by atoms with Gasteiger partial charge in [0.2, 0.25) is 0 Å². The van der Waals surface area contributed by atoms with E-state index in [1.54, 1.807) is 19.2 Å². The lowest BCUT2D eigenvalue weighted by Crippen LogP contribution is -2.20. The van der Waals surface area contributed by atoms with Gasteiger partial charge >= 0.3 is 0 Å². The molecule has 1 atom stereocenters. The summed E-state index contributed by atoms with van der Waals surface area (Å²) in [5.41, 5.74) is 1.08. The minimum Gasteiger partial charge on any atom is -0.313 e. The van der Waals surface area contributed by atoms with E-state index in [-0.39, 0.29) is 11.9 Å². The smallest absolute Gasteiger partial charge is 0.159 e. The first-order chi connectivity index (χ1) is 9.51. The summed E-state index contributed by atoms with van der Waals surface area (Å²) < 4.78 is 40.7. The Morgan fingerprint density at radius 2 is 1.70 bits per heavy atom. The summed E-state index contributed by atoms with van der Waals surface area (Å²) in [4.78, 5) is 0. The molecule has 0 fully saturated rings. The van der Waals surface area contributed by atoms with Crippen LogP contribution in [0.2, 0.25) is 0 Å². The van der Waals surface area contributed by atoms with Gasteiger partial charge in [-0.3, -0.25) is 0 Å². The van der Waals surface area contributed by atoms with E-state index < -0.39 is 11.6 Å². The SMILES string of the molecule is CNC(Cc1ccc(F)c(F)c1)c1cc(Br)ccc1F. The molecule has 0 heterocycles. The number of benzene rings is 2. The van der Waals surface area contributed by atoms with Crippen molar-refractivity contribution < 1.29 is 13.2 Å². The van der Waals surface area contributed by atoms with Crippen molar-refractivity contribution in [1.29, 1.82) is 0 Å². The molecule has 0 saturated heterocycles. The molecule has 0 radical (unpaired) electrons. The predicted octanol–water partition coefficient (Wildman–Crippen LogP) is 4.37. The monoisotopic (exact) mass is 343 g/mol. The second kappa shape index (κ2) is 6.41. The maximum absolute atomic E-state index is 13.9. The Labute approximate surface area is 123 Å². The van der Waals surface area contributed by atoms with Gasteiger partial charge in [-0.1, -0.05) is 22.0 Å². The molecule has 2 aromatic rings. The predicted molar refractivity (Wildman–Crippen MR) is 76.0 cm³/mol. The van der Waals surface area contributed by atoms with Crippen LogP contribution in [0.15, 0.2) is 40.9 Å². The quantitative estimate of drug-likeness (QED) is 0.869. The molecule has 0 amide bonds. The summed E-state index contributed by atoms with van der Waals surface area (Å²) in [5.74, 6) is -2.12. The molecule has 0 spiro atoms. The van der Waals surface area contributed by atoms with Crippen LogP contribution in [0.3, 0.4) is 0 Å². The van der Waals surface area contributed by atoms with Gasteiger partial charge in [0.05, 0.1) is 0 Å². The minimum absolute atomic E-state index is 0.322. The molecule has 1 unspecified atom stereocenters. The summed E-state index contributed by atoms with van der Waals surface area (Å²) >= 11 is 3.30. The number of nitrogens with one attached hydrogen (secondary N) is 1. The average molecular weight is 344 g/mol. The number of hydrogen-bond acceptors (Lipinski definition) is 1. The van der Waals surface area contributed by atoms with E-state index in [4.69, 9.17) is 0 Å². The van der Waals surface area contributed by atoms with E-state index in [0.717, 1.165) is 16.6 Å². The molecule has 1 N–H and O–H groups in total. The van der Waals surface area contributed by atoms with Crippen LogP contribution in [0.25, 0.3) is 0 Å². The summed E-state index contributed by atoms with van der Waals surface area (Å²) in [6.07, 6.45) is 0.362. The fraction of sp³-hybridized carbons (Fsp3) is 0.200. The van der Waals surface area contributed by atoms with Crippen LogP contribution in [0.4, 0.5) is 13.2 Å². The second-order valence-electron chi connectivity index (χ2n) is 4.46. The lowest BCUT2D eigenvalue weighted by Gasteiger charge is -2.18. The third-order valence-corrected chi connectivity index (χ3v) is 3.60. The lowest BCUT2D eigenvalue weighted by atomic mass is 9.98. The molecule has 0 aromatic heterocycles. The van der Waals surface area contributed by atoms with E-state index in [0.29, 0.717) is 17.5 Å². The van der Waals surface area contributed by atoms with E-state index in [1.165, 1.54) is 12.1 Å². The summed E-state index contributed by atoms with van der Waals surface area (Å²) in [6.45, 7) is 0. The summed E-state index contributed by atoms with van der Waals surface area (Å²) in [7, 11) is 1.70. The molecule has 2 rings (SSSR count). The van der Waals surface area contributed by atoms with Gasteiger partial charge in [0.15, 0.2) is 11.6 Å². The molecular formula is C15H13BrF3N. The molecule has 0 aliphatic carbocycles. The minimum atomic E-state index is -0.896. The van der Waals surface area contributed by atoms with E-state index in [1.807, 2.05) is 0 Å². The third-order valence-electron chi connectivity index (χ3n) is 3.11. The topological polar surface area (TPSA) is 12.0 Å². The Kier molecular flexibility index (Phi) is 4.83. The Hall–Kier alpha value is -1.33. The summed E-state index contributed by atoms with van der Waals surface area (Å²) in [6, 6.07) is 8.05. The first kappa shape index (κ1) is 15.1. The Bertz CT molecular complexity index is 616. The van der Waals surface area contributed by atoms with Crippen molar-refractivity contribution in [2.45, 2.75) is 12.5 Å². The zero-order valence-electron chi connectivity index (χ0n) is 10.8. The molecule has 0 saturated carbocycles. The highest BCUT2D eigenvalue weighted by Gasteiger charge is 2.16. The van der Waals surface area contributed by atoms with Crippen molar-refractivity contribution in [1.82, 2.24) is 5.32 Å². The van der Waals surface area contributed by atoms with Crippen molar-refractivity contribution in [2.24, 2.45) is 0 Å². The molecular weight excluding hydrogens is 331 g/mol. The molecule has 106 valence electrons. The van der Waals surface area contributed by atoms with Gasteiger partial charge in [0, 0.05) is 16.1 Å². The van der Waals surface area contributed by atoms with Crippen LogP contribution in [0.5, 0.6) is 0 Å². The van der Waals surface area contributed by atoms with Crippen LogP contribution in [0.1, 0.15) is 17.2 Å². The Morgan fingerprint density at radius 3 is 2.35 bits per heavy atom. The first-order valence-corrected chi connectivity index (χ1v) is 6.86. The zero-order chi connectivity index (χ0) is 14.7. The van der Waals surface area contributed by atoms with E-state index in [9.17, 15) is 13.2 Å². The maximum Gasteiger partial charge on any atom is 0.159 e. The van der Waals surface area contributed by atoms with Crippen molar-refractivity contribution >= 4 is 15.9 Å². The Morgan fingerprint density at radius 1 is 1.00 bits per heavy atom. The molecule has 1 nitrogen and oxygen atoms in total. The van der Waals surface area contributed by atoms with Crippen molar-refractivity contribution in [3.05, 3.63) is 69.4 Å². The van der Waals surface area contributed by atoms with Gasteiger partial charge in [-0.05, 0) is 49.4 Å². The molecule has 20 heavy (non-hydrogen) atoms. The molecule has 0 bridgehead atoms. The fourth-order valence-electron chi connectivity index (χ4n) is 2.05. The number of hydrogen-bond donors (Lipinski definition) is 1. The van der Waals surface area contributed by atoms with Gasteiger partial charge in [0.1, 0.15) is 5.82 Å². The van der Waals surface area contributed by atoms with Gasteiger partial charge in [0.25, 0.3) is 0 Å². The molecule has 0 aliphatic heterocycles. The number of halogens is 4. The van der Waals surface area contributed by atoms with Crippen molar-refractivity contribution in [2.75, 3.05) is 7.05 Å². The first-order valence-electron chi connectivity index (χ1n) is 6.07. The third kappa shape index (κ3) is 3.41. The molecule has 5 heteroatoms. The van der Waals surface area contributed by atoms with Crippen LogP contribution < -0.4 is 5.32 Å². The highest BCUT2D eigenvalue weighted by atomic mass is 79.9. The van der Waals surface area contributed by atoms with E-state index in [2.05, 4.69) is 21.2 Å². The van der Waals surface area contributed by atoms with Crippen molar-refractivity contribution in [3.8, 4) is 0 Å².